The number of aliphatic hydroxyl groups excluding tert-OH is 1. The van der Waals surface area contributed by atoms with Crippen LogP contribution in [-0.4, -0.2) is 69.0 Å². The number of aliphatic hydroxyl groups is 1. The standard InChI is InChI=1S/C9H18NO5/c1-10(2-5-11,3-6-14-8-12)4-7-15-9-13/h8-9,11H,2-7H2,1H3/q+1. The molecule has 0 saturated heterocycles. The van der Waals surface area contributed by atoms with Gasteiger partial charge >= 0.3 is 0 Å². The number of rotatable bonds is 10. The summed E-state index contributed by atoms with van der Waals surface area (Å²) in [5.74, 6) is 0. The van der Waals surface area contributed by atoms with Crippen molar-refractivity contribution in [1.29, 1.82) is 0 Å². The number of carbonyl (C=O) groups is 2. The molecule has 0 aromatic rings. The molecule has 0 aliphatic carbocycles. The Bertz CT molecular complexity index is 171. The van der Waals surface area contributed by atoms with Crippen LogP contribution < -0.4 is 0 Å². The fourth-order valence-electron chi connectivity index (χ4n) is 1.22. The number of nitrogens with zero attached hydrogens (tertiary/aromatic N) is 1. The third kappa shape index (κ3) is 6.87. The largest absolute Gasteiger partial charge is 0.462 e. The van der Waals surface area contributed by atoms with Crippen LogP contribution in [0.4, 0.5) is 0 Å². The molecular weight excluding hydrogens is 202 g/mol. The van der Waals surface area contributed by atoms with Crippen molar-refractivity contribution >= 4 is 12.9 Å². The van der Waals surface area contributed by atoms with Crippen LogP contribution in [0.3, 0.4) is 0 Å². The molecule has 15 heavy (non-hydrogen) atoms. The van der Waals surface area contributed by atoms with Crippen molar-refractivity contribution in [3.8, 4) is 0 Å². The molecule has 0 rings (SSSR count). The van der Waals surface area contributed by atoms with E-state index in [-0.39, 0.29) is 6.61 Å². The minimum Gasteiger partial charge on any atom is -0.462 e. The fourth-order valence-corrected chi connectivity index (χ4v) is 1.22. The van der Waals surface area contributed by atoms with E-state index in [0.717, 1.165) is 0 Å². The lowest BCUT2D eigenvalue weighted by Gasteiger charge is -2.33. The molecule has 6 heteroatoms. The number of hydrogen-bond acceptors (Lipinski definition) is 5. The van der Waals surface area contributed by atoms with Gasteiger partial charge in [-0.3, -0.25) is 9.59 Å². The molecule has 0 fully saturated rings. The molecule has 0 amide bonds. The number of ether oxygens (including phenoxy) is 2. The lowest BCUT2D eigenvalue weighted by molar-refractivity contribution is -0.910. The third-order valence-electron chi connectivity index (χ3n) is 2.27. The first-order chi connectivity index (χ1) is 7.18. The molecule has 0 aliphatic heterocycles. The van der Waals surface area contributed by atoms with E-state index in [9.17, 15) is 9.59 Å². The third-order valence-corrected chi connectivity index (χ3v) is 2.27. The predicted molar refractivity (Wildman–Crippen MR) is 51.9 cm³/mol. The Kier molecular flexibility index (Phi) is 7.57. The summed E-state index contributed by atoms with van der Waals surface area (Å²) in [5.41, 5.74) is 0. The first-order valence-electron chi connectivity index (χ1n) is 4.73. The van der Waals surface area contributed by atoms with Crippen LogP contribution in [0.15, 0.2) is 0 Å². The molecule has 0 aliphatic rings. The van der Waals surface area contributed by atoms with Crippen LogP contribution in [-0.2, 0) is 19.1 Å². The maximum absolute atomic E-state index is 9.96. The molecule has 1 N–H and O–H groups in total. The second-order valence-corrected chi connectivity index (χ2v) is 3.45. The number of hydrogen-bond donors (Lipinski definition) is 1. The summed E-state index contributed by atoms with van der Waals surface area (Å²) in [5, 5.41) is 8.88. The molecular formula is C9H18NO5+. The van der Waals surface area contributed by atoms with E-state index in [4.69, 9.17) is 5.11 Å². The average Bonchev–Trinajstić information content (AvgIpc) is 2.19. The van der Waals surface area contributed by atoms with Crippen molar-refractivity contribution in [3.05, 3.63) is 0 Å². The lowest BCUT2D eigenvalue weighted by atomic mass is 10.4. The molecule has 0 heterocycles. The first kappa shape index (κ1) is 13.9. The van der Waals surface area contributed by atoms with E-state index in [1.54, 1.807) is 0 Å². The monoisotopic (exact) mass is 220 g/mol. The molecule has 0 radical (unpaired) electrons. The van der Waals surface area contributed by atoms with Crippen LogP contribution in [0.25, 0.3) is 0 Å². The van der Waals surface area contributed by atoms with E-state index >= 15 is 0 Å². The fraction of sp³-hybridized carbons (Fsp3) is 0.778. The van der Waals surface area contributed by atoms with Crippen molar-refractivity contribution in [2.24, 2.45) is 0 Å². The van der Waals surface area contributed by atoms with Gasteiger partial charge in [0.15, 0.2) is 0 Å². The molecule has 0 saturated carbocycles. The van der Waals surface area contributed by atoms with Crippen molar-refractivity contribution in [3.63, 3.8) is 0 Å². The maximum Gasteiger partial charge on any atom is 0.293 e. The van der Waals surface area contributed by atoms with E-state index in [0.29, 0.717) is 50.3 Å². The van der Waals surface area contributed by atoms with Gasteiger partial charge in [0, 0.05) is 0 Å². The van der Waals surface area contributed by atoms with E-state index in [1.165, 1.54) is 0 Å². The van der Waals surface area contributed by atoms with Gasteiger partial charge in [-0.25, -0.2) is 0 Å². The van der Waals surface area contributed by atoms with Crippen LogP contribution in [0.5, 0.6) is 0 Å². The van der Waals surface area contributed by atoms with Gasteiger partial charge in [-0.15, -0.1) is 0 Å². The van der Waals surface area contributed by atoms with Crippen molar-refractivity contribution in [2.45, 2.75) is 0 Å². The highest BCUT2D eigenvalue weighted by atomic mass is 16.5. The zero-order chi connectivity index (χ0) is 11.6. The summed E-state index contributed by atoms with van der Waals surface area (Å²) < 4.78 is 9.69. The van der Waals surface area contributed by atoms with Crippen molar-refractivity contribution < 1.29 is 28.7 Å². The normalized spacial score (nSPS) is 10.8. The highest BCUT2D eigenvalue weighted by Crippen LogP contribution is 2.01. The molecule has 0 aromatic heterocycles. The van der Waals surface area contributed by atoms with Gasteiger partial charge in [0.2, 0.25) is 0 Å². The summed E-state index contributed by atoms with van der Waals surface area (Å²) in [6, 6.07) is 0. The van der Waals surface area contributed by atoms with Crippen LogP contribution >= 0.6 is 0 Å². The highest BCUT2D eigenvalue weighted by Gasteiger charge is 2.20. The Labute approximate surface area is 89.0 Å². The Morgan fingerprint density at radius 2 is 1.53 bits per heavy atom. The second-order valence-electron chi connectivity index (χ2n) is 3.45. The molecule has 0 aromatic carbocycles. The zero-order valence-corrected chi connectivity index (χ0v) is 8.92. The van der Waals surface area contributed by atoms with Gasteiger partial charge in [-0.2, -0.15) is 0 Å². The van der Waals surface area contributed by atoms with Crippen LogP contribution in [0.2, 0.25) is 0 Å². The summed E-state index contributed by atoms with van der Waals surface area (Å²) in [7, 11) is 1.90. The zero-order valence-electron chi connectivity index (χ0n) is 8.92. The van der Waals surface area contributed by atoms with E-state index in [2.05, 4.69) is 9.47 Å². The van der Waals surface area contributed by atoms with Gasteiger partial charge in [0.1, 0.15) is 32.8 Å². The van der Waals surface area contributed by atoms with Crippen molar-refractivity contribution in [2.75, 3.05) is 46.5 Å². The smallest absolute Gasteiger partial charge is 0.293 e. The Balaban J connectivity index is 3.92. The lowest BCUT2D eigenvalue weighted by Crippen LogP contribution is -2.50. The first-order valence-corrected chi connectivity index (χ1v) is 4.73. The van der Waals surface area contributed by atoms with E-state index < -0.39 is 0 Å². The summed E-state index contributed by atoms with van der Waals surface area (Å²) in [6.07, 6.45) is 0. The minimum atomic E-state index is 0.0404. The Morgan fingerprint density at radius 1 is 1.07 bits per heavy atom. The predicted octanol–water partition coefficient (Wildman–Crippen LogP) is -1.23. The van der Waals surface area contributed by atoms with Crippen LogP contribution in [0.1, 0.15) is 0 Å². The summed E-state index contributed by atoms with van der Waals surface area (Å²) >= 11 is 0. The number of likely N-dealkylation sites (N-methyl/N-ethyl adjacent to an activating group) is 1. The molecule has 0 atom stereocenters. The molecule has 0 spiro atoms. The van der Waals surface area contributed by atoms with E-state index in [1.807, 2.05) is 7.05 Å². The molecule has 0 bridgehead atoms. The quantitative estimate of drug-likeness (QED) is 0.283. The Hall–Kier alpha value is -1.14. The van der Waals surface area contributed by atoms with Gasteiger partial charge < -0.3 is 19.1 Å². The topological polar surface area (TPSA) is 72.8 Å². The summed E-state index contributed by atoms with van der Waals surface area (Å²) in [6.45, 7) is 3.12. The number of carbonyl (C=O) groups excluding carboxylic acids is 2. The Morgan fingerprint density at radius 3 is 1.87 bits per heavy atom. The van der Waals surface area contributed by atoms with Gasteiger partial charge in [0.05, 0.1) is 13.7 Å². The molecule has 6 nitrogen and oxygen atoms in total. The van der Waals surface area contributed by atoms with Gasteiger partial charge in [-0.1, -0.05) is 0 Å². The van der Waals surface area contributed by atoms with Gasteiger partial charge in [-0.05, 0) is 0 Å². The molecule has 88 valence electrons. The second kappa shape index (κ2) is 8.19. The highest BCUT2D eigenvalue weighted by molar-refractivity contribution is 5.37. The maximum atomic E-state index is 9.96. The van der Waals surface area contributed by atoms with Crippen molar-refractivity contribution in [1.82, 2.24) is 0 Å². The van der Waals surface area contributed by atoms with Gasteiger partial charge in [0.25, 0.3) is 12.9 Å². The molecule has 0 unspecified atom stereocenters. The SMILES string of the molecule is C[N+](CCO)(CCOC=O)CCOC=O. The number of quaternary nitrogens is 1. The van der Waals surface area contributed by atoms with Crippen LogP contribution in [0, 0.1) is 0 Å². The summed E-state index contributed by atoms with van der Waals surface area (Å²) in [4.78, 5) is 19.9. The minimum absolute atomic E-state index is 0.0404. The average molecular weight is 220 g/mol.